The van der Waals surface area contributed by atoms with E-state index in [4.69, 9.17) is 0 Å². The Morgan fingerprint density at radius 1 is 1.62 bits per heavy atom. The van der Waals surface area contributed by atoms with Gasteiger partial charge in [0.2, 0.25) is 0 Å². The number of anilines is 1. The fraction of sp³-hybridized carbons (Fsp3) is 0.538. The van der Waals surface area contributed by atoms with Crippen molar-refractivity contribution in [3.63, 3.8) is 0 Å². The zero-order valence-electron chi connectivity index (χ0n) is 11.5. The average Bonchev–Trinajstić information content (AvgIpc) is 2.40. The Hall–Kier alpha value is -1.70. The van der Waals surface area contributed by atoms with Crippen LogP contribution in [0.4, 0.5) is 11.4 Å². The summed E-state index contributed by atoms with van der Waals surface area (Å²) in [7, 11) is 0. The lowest BCUT2D eigenvalue weighted by molar-refractivity contribution is -0.384. The molecule has 0 bridgehead atoms. The summed E-state index contributed by atoms with van der Waals surface area (Å²) in [6.07, 6.45) is 5.16. The van der Waals surface area contributed by atoms with Crippen molar-refractivity contribution in [2.24, 2.45) is 5.92 Å². The van der Waals surface area contributed by atoms with Gasteiger partial charge >= 0.3 is 11.7 Å². The molecule has 0 spiro atoms. The molecule has 8 heteroatoms. The van der Waals surface area contributed by atoms with E-state index >= 15 is 0 Å². The highest BCUT2D eigenvalue weighted by Gasteiger charge is 2.43. The molecule has 2 atom stereocenters. The second-order valence-electron chi connectivity index (χ2n) is 5.49. The number of carboxylic acid groups (broad SMARTS) is 1. The predicted molar refractivity (Wildman–Crippen MR) is 80.2 cm³/mol. The van der Waals surface area contributed by atoms with Crippen LogP contribution in [0.3, 0.4) is 0 Å². The number of hydrogen-bond acceptors (Lipinski definition) is 5. The van der Waals surface area contributed by atoms with Gasteiger partial charge in [-0.25, -0.2) is 4.79 Å². The third-order valence-electron chi connectivity index (χ3n) is 3.85. The maximum atomic E-state index is 11.8. The minimum Gasteiger partial charge on any atom is -0.480 e. The minimum absolute atomic E-state index is 0.173. The van der Waals surface area contributed by atoms with Crippen LogP contribution < -0.4 is 5.32 Å². The molecule has 1 aromatic heterocycles. The average molecular weight is 358 g/mol. The molecule has 2 N–H and O–H groups in total. The van der Waals surface area contributed by atoms with Gasteiger partial charge in [0.25, 0.3) is 0 Å². The first-order valence-electron chi connectivity index (χ1n) is 6.65. The minimum atomic E-state index is -1.17. The lowest BCUT2D eigenvalue weighted by Gasteiger charge is -2.37. The predicted octanol–water partition coefficient (Wildman–Crippen LogP) is 3.20. The summed E-state index contributed by atoms with van der Waals surface area (Å²) >= 11 is 3.21. The van der Waals surface area contributed by atoms with E-state index in [1.165, 1.54) is 6.20 Å². The molecule has 1 fully saturated rings. The molecule has 0 saturated heterocycles. The lowest BCUT2D eigenvalue weighted by atomic mass is 9.76. The van der Waals surface area contributed by atoms with Crippen LogP contribution >= 0.6 is 15.9 Å². The highest BCUT2D eigenvalue weighted by Crippen LogP contribution is 2.40. The Labute approximate surface area is 130 Å². The first-order valence-corrected chi connectivity index (χ1v) is 7.44. The van der Waals surface area contributed by atoms with Gasteiger partial charge < -0.3 is 10.4 Å². The summed E-state index contributed by atoms with van der Waals surface area (Å²) in [5.41, 5.74) is -1.23. The normalized spacial score (nSPS) is 25.3. The molecule has 0 amide bonds. The fourth-order valence-electron chi connectivity index (χ4n) is 2.84. The summed E-state index contributed by atoms with van der Waals surface area (Å²) in [4.78, 5) is 26.1. The maximum absolute atomic E-state index is 11.8. The molecule has 2 rings (SSSR count). The lowest BCUT2D eigenvalue weighted by Crippen LogP contribution is -2.49. The van der Waals surface area contributed by atoms with Gasteiger partial charge in [-0.1, -0.05) is 19.8 Å². The van der Waals surface area contributed by atoms with E-state index < -0.39 is 16.4 Å². The van der Waals surface area contributed by atoms with Crippen molar-refractivity contribution in [3.05, 3.63) is 27.0 Å². The number of nitro groups is 1. The summed E-state index contributed by atoms with van der Waals surface area (Å²) in [6, 6.07) is 0. The van der Waals surface area contributed by atoms with Crippen molar-refractivity contribution in [1.82, 2.24) is 4.98 Å². The number of nitrogens with one attached hydrogen (secondary N) is 1. The van der Waals surface area contributed by atoms with Gasteiger partial charge in [0.1, 0.15) is 17.4 Å². The molecule has 0 radical (unpaired) electrons. The SMILES string of the molecule is CC1CCCC(Nc2c(Br)cncc2[N+](=O)[O-])(C(=O)O)C1. The third-order valence-corrected chi connectivity index (χ3v) is 4.45. The number of carboxylic acids is 1. The number of aliphatic carboxylic acids is 1. The van der Waals surface area contributed by atoms with Gasteiger partial charge in [-0.3, -0.25) is 15.1 Å². The topological polar surface area (TPSA) is 105 Å². The number of nitrogens with zero attached hydrogens (tertiary/aromatic N) is 2. The molecule has 1 aliphatic carbocycles. The Balaban J connectivity index is 2.43. The fourth-order valence-corrected chi connectivity index (χ4v) is 3.26. The molecule has 114 valence electrons. The van der Waals surface area contributed by atoms with Crippen molar-refractivity contribution in [3.8, 4) is 0 Å². The van der Waals surface area contributed by atoms with Crippen molar-refractivity contribution in [2.75, 3.05) is 5.32 Å². The van der Waals surface area contributed by atoms with Crippen molar-refractivity contribution in [1.29, 1.82) is 0 Å². The van der Waals surface area contributed by atoms with Gasteiger partial charge in [0.15, 0.2) is 0 Å². The van der Waals surface area contributed by atoms with Gasteiger partial charge in [0.05, 0.1) is 9.40 Å². The Morgan fingerprint density at radius 2 is 2.33 bits per heavy atom. The van der Waals surface area contributed by atoms with Crippen LogP contribution in [0, 0.1) is 16.0 Å². The zero-order chi connectivity index (χ0) is 15.6. The number of carbonyl (C=O) groups is 1. The Kier molecular flexibility index (Phi) is 4.46. The van der Waals surface area contributed by atoms with Crippen LogP contribution in [0.25, 0.3) is 0 Å². The second-order valence-corrected chi connectivity index (χ2v) is 6.34. The summed E-state index contributed by atoms with van der Waals surface area (Å²) in [5, 5.41) is 23.7. The molecule has 21 heavy (non-hydrogen) atoms. The molecule has 0 aliphatic heterocycles. The molecule has 1 heterocycles. The zero-order valence-corrected chi connectivity index (χ0v) is 13.1. The number of pyridine rings is 1. The smallest absolute Gasteiger partial charge is 0.329 e. The Bertz CT molecular complexity index is 581. The molecule has 7 nitrogen and oxygen atoms in total. The largest absolute Gasteiger partial charge is 0.480 e. The van der Waals surface area contributed by atoms with Crippen LogP contribution in [0.1, 0.15) is 32.6 Å². The first-order chi connectivity index (χ1) is 9.85. The van der Waals surface area contributed by atoms with Crippen LogP contribution in [0.5, 0.6) is 0 Å². The summed E-state index contributed by atoms with van der Waals surface area (Å²) in [6.45, 7) is 1.99. The van der Waals surface area contributed by atoms with E-state index in [-0.39, 0.29) is 17.3 Å². The van der Waals surface area contributed by atoms with E-state index in [0.29, 0.717) is 17.3 Å². The van der Waals surface area contributed by atoms with Gasteiger partial charge in [-0.15, -0.1) is 0 Å². The molecule has 1 aromatic rings. The van der Waals surface area contributed by atoms with E-state index in [2.05, 4.69) is 26.2 Å². The highest BCUT2D eigenvalue weighted by atomic mass is 79.9. The monoisotopic (exact) mass is 357 g/mol. The van der Waals surface area contributed by atoms with Gasteiger partial charge in [-0.05, 0) is 34.7 Å². The van der Waals surface area contributed by atoms with E-state index in [0.717, 1.165) is 19.0 Å². The van der Waals surface area contributed by atoms with Crippen LogP contribution in [0.2, 0.25) is 0 Å². The van der Waals surface area contributed by atoms with Crippen molar-refractivity contribution >= 4 is 33.3 Å². The summed E-state index contributed by atoms with van der Waals surface area (Å²) in [5.74, 6) is -0.728. The van der Waals surface area contributed by atoms with E-state index in [1.807, 2.05) is 6.92 Å². The van der Waals surface area contributed by atoms with Crippen molar-refractivity contribution < 1.29 is 14.8 Å². The number of aromatic nitrogens is 1. The van der Waals surface area contributed by atoms with E-state index in [1.54, 1.807) is 0 Å². The standard InChI is InChI=1S/C13H16BrN3O4/c1-8-3-2-4-13(5-8,12(18)19)16-11-9(14)6-15-7-10(11)17(20)21/h6-8H,2-5H2,1H3,(H,15,16)(H,18,19). The Morgan fingerprint density at radius 3 is 2.90 bits per heavy atom. The van der Waals surface area contributed by atoms with Crippen LogP contribution in [0.15, 0.2) is 16.9 Å². The molecule has 2 unspecified atom stereocenters. The maximum Gasteiger partial charge on any atom is 0.329 e. The molecule has 0 aromatic carbocycles. The van der Waals surface area contributed by atoms with E-state index in [9.17, 15) is 20.0 Å². The molecule has 1 saturated carbocycles. The number of rotatable bonds is 4. The second kappa shape index (κ2) is 5.97. The molecular formula is C13H16BrN3O4. The highest BCUT2D eigenvalue weighted by molar-refractivity contribution is 9.10. The molecular weight excluding hydrogens is 342 g/mol. The first kappa shape index (κ1) is 15.7. The number of halogens is 1. The van der Waals surface area contributed by atoms with Gasteiger partial charge in [-0.2, -0.15) is 0 Å². The van der Waals surface area contributed by atoms with Gasteiger partial charge in [0, 0.05) is 6.20 Å². The summed E-state index contributed by atoms with van der Waals surface area (Å²) < 4.78 is 0.385. The van der Waals surface area contributed by atoms with Crippen molar-refractivity contribution in [2.45, 2.75) is 38.1 Å². The third kappa shape index (κ3) is 3.15. The van der Waals surface area contributed by atoms with Crippen LogP contribution in [-0.2, 0) is 4.79 Å². The number of hydrogen-bond donors (Lipinski definition) is 2. The molecule has 1 aliphatic rings. The quantitative estimate of drug-likeness (QED) is 0.633. The van der Waals surface area contributed by atoms with Crippen LogP contribution in [-0.4, -0.2) is 26.5 Å².